The molecule has 1 aromatic heterocycles. The molecule has 0 radical (unpaired) electrons. The van der Waals surface area contributed by atoms with Gasteiger partial charge in [0.05, 0.1) is 0 Å². The Balaban J connectivity index is 1.98. The maximum atomic E-state index is 12.4. The molecule has 8 heteroatoms. The summed E-state index contributed by atoms with van der Waals surface area (Å²) in [6.45, 7) is 4.41. The third-order valence-corrected chi connectivity index (χ3v) is 5.78. The number of anilines is 1. The number of benzene rings is 1. The van der Waals surface area contributed by atoms with Gasteiger partial charge in [-0.3, -0.25) is 4.79 Å². The fourth-order valence-corrected chi connectivity index (χ4v) is 3.84. The van der Waals surface area contributed by atoms with Crippen LogP contribution in [0, 0.1) is 0 Å². The summed E-state index contributed by atoms with van der Waals surface area (Å²) in [4.78, 5) is 15.9. The van der Waals surface area contributed by atoms with E-state index in [2.05, 4.69) is 20.3 Å². The minimum absolute atomic E-state index is 0.0782. The lowest BCUT2D eigenvalue weighted by Gasteiger charge is -2.15. The van der Waals surface area contributed by atoms with Gasteiger partial charge in [-0.2, -0.15) is 0 Å². The van der Waals surface area contributed by atoms with Crippen LogP contribution in [-0.4, -0.2) is 32.4 Å². The summed E-state index contributed by atoms with van der Waals surface area (Å²) < 4.78 is 27.4. The van der Waals surface area contributed by atoms with E-state index in [-0.39, 0.29) is 16.8 Å². The molecule has 3 N–H and O–H groups in total. The molecule has 0 saturated heterocycles. The largest absolute Gasteiger partial charge is 0.366 e. The van der Waals surface area contributed by atoms with E-state index in [9.17, 15) is 13.2 Å². The summed E-state index contributed by atoms with van der Waals surface area (Å²) in [5.74, 6) is 0.446. The molecule has 1 heterocycles. The number of carbonyl (C=O) groups excluding carboxylic acids is 1. The Kier molecular flexibility index (Phi) is 7.32. The van der Waals surface area contributed by atoms with Crippen LogP contribution in [-0.2, 0) is 16.6 Å². The molecule has 0 saturated carbocycles. The molecule has 0 unspecified atom stereocenters. The molecule has 0 spiro atoms. The molecular weight excluding hydrogens is 364 g/mol. The number of hydrogen-bond acceptors (Lipinski definition) is 5. The van der Waals surface area contributed by atoms with E-state index in [1.807, 2.05) is 26.0 Å². The zero-order valence-electron chi connectivity index (χ0n) is 15.8. The minimum atomic E-state index is -3.56. The van der Waals surface area contributed by atoms with Crippen molar-refractivity contribution >= 4 is 21.7 Å². The highest BCUT2D eigenvalue weighted by Gasteiger charge is 2.18. The van der Waals surface area contributed by atoms with E-state index < -0.39 is 10.0 Å². The van der Waals surface area contributed by atoms with Crippen LogP contribution in [0.3, 0.4) is 0 Å². The molecule has 2 rings (SSSR count). The first kappa shape index (κ1) is 20.9. The maximum absolute atomic E-state index is 12.4. The van der Waals surface area contributed by atoms with Crippen molar-refractivity contribution in [2.45, 2.75) is 44.2 Å². The summed E-state index contributed by atoms with van der Waals surface area (Å²) in [7, 11) is -1.97. The van der Waals surface area contributed by atoms with Crippen LogP contribution < -0.4 is 15.4 Å². The fraction of sp³-hybridized carbons (Fsp3) is 0.368. The Morgan fingerprint density at radius 3 is 2.26 bits per heavy atom. The number of sulfonamides is 1. The second-order valence-electron chi connectivity index (χ2n) is 6.14. The summed E-state index contributed by atoms with van der Waals surface area (Å²) >= 11 is 0. The van der Waals surface area contributed by atoms with Gasteiger partial charge in [-0.15, -0.1) is 0 Å². The van der Waals surface area contributed by atoms with E-state index in [1.54, 1.807) is 25.2 Å². The number of aromatic nitrogens is 1. The van der Waals surface area contributed by atoms with Crippen molar-refractivity contribution in [3.8, 4) is 0 Å². The molecule has 0 fully saturated rings. The van der Waals surface area contributed by atoms with E-state index in [0.717, 1.165) is 18.4 Å². The zero-order chi connectivity index (χ0) is 19.9. The molecule has 1 amide bonds. The van der Waals surface area contributed by atoms with E-state index in [0.29, 0.717) is 17.9 Å². The molecule has 1 aromatic carbocycles. The molecule has 0 bridgehead atoms. The predicted octanol–water partition coefficient (Wildman–Crippen LogP) is 2.52. The van der Waals surface area contributed by atoms with Gasteiger partial charge < -0.3 is 10.6 Å². The third kappa shape index (κ3) is 5.77. The van der Waals surface area contributed by atoms with Gasteiger partial charge in [0.2, 0.25) is 10.0 Å². The molecule has 27 heavy (non-hydrogen) atoms. The lowest BCUT2D eigenvalue weighted by atomic mass is 10.1. The Morgan fingerprint density at radius 1 is 1.07 bits per heavy atom. The highest BCUT2D eigenvalue weighted by atomic mass is 32.2. The lowest BCUT2D eigenvalue weighted by Crippen LogP contribution is -2.33. The first-order valence-corrected chi connectivity index (χ1v) is 10.4. The molecule has 0 aliphatic rings. The van der Waals surface area contributed by atoms with E-state index in [1.165, 1.54) is 12.3 Å². The van der Waals surface area contributed by atoms with Gasteiger partial charge >= 0.3 is 0 Å². The number of rotatable bonds is 9. The standard InChI is InChI=1S/C19H26N4O3S/c1-4-16(5-2)23-27(25,26)17-10-11-18(22-13-17)21-12-14-6-8-15(9-7-14)19(24)20-3/h6-11,13,16,23H,4-5,12H2,1-3H3,(H,20,24)(H,21,22). The molecule has 0 atom stereocenters. The van der Waals surface area contributed by atoms with Crippen LogP contribution in [0.15, 0.2) is 47.5 Å². The van der Waals surface area contributed by atoms with Gasteiger partial charge in [0, 0.05) is 31.4 Å². The van der Waals surface area contributed by atoms with Crippen molar-refractivity contribution < 1.29 is 13.2 Å². The average Bonchev–Trinajstić information content (AvgIpc) is 2.70. The first-order chi connectivity index (χ1) is 12.9. The number of amides is 1. The summed E-state index contributed by atoms with van der Waals surface area (Å²) in [5.41, 5.74) is 1.58. The van der Waals surface area contributed by atoms with Gasteiger partial charge in [0.15, 0.2) is 0 Å². The Labute approximate surface area is 160 Å². The Hall–Kier alpha value is -2.45. The molecule has 2 aromatic rings. The van der Waals surface area contributed by atoms with Crippen LogP contribution in [0.25, 0.3) is 0 Å². The second-order valence-corrected chi connectivity index (χ2v) is 7.86. The van der Waals surface area contributed by atoms with Gasteiger partial charge in [0.25, 0.3) is 5.91 Å². The highest BCUT2D eigenvalue weighted by Crippen LogP contribution is 2.14. The summed E-state index contributed by atoms with van der Waals surface area (Å²) in [6.07, 6.45) is 2.82. The quantitative estimate of drug-likeness (QED) is 0.611. The Morgan fingerprint density at radius 2 is 1.74 bits per heavy atom. The zero-order valence-corrected chi connectivity index (χ0v) is 16.6. The third-order valence-electron chi connectivity index (χ3n) is 4.27. The summed E-state index contributed by atoms with van der Waals surface area (Å²) in [6, 6.07) is 10.3. The predicted molar refractivity (Wildman–Crippen MR) is 106 cm³/mol. The average molecular weight is 391 g/mol. The maximum Gasteiger partial charge on any atom is 0.251 e. The van der Waals surface area contributed by atoms with Gasteiger partial charge in [-0.1, -0.05) is 26.0 Å². The van der Waals surface area contributed by atoms with E-state index in [4.69, 9.17) is 0 Å². The molecule has 0 aliphatic carbocycles. The number of pyridine rings is 1. The van der Waals surface area contributed by atoms with Crippen molar-refractivity contribution in [2.75, 3.05) is 12.4 Å². The van der Waals surface area contributed by atoms with Crippen LogP contribution in [0.4, 0.5) is 5.82 Å². The van der Waals surface area contributed by atoms with Crippen molar-refractivity contribution in [1.82, 2.24) is 15.0 Å². The van der Waals surface area contributed by atoms with Crippen LogP contribution in [0.2, 0.25) is 0 Å². The molecule has 7 nitrogen and oxygen atoms in total. The van der Waals surface area contributed by atoms with Crippen molar-refractivity contribution in [3.63, 3.8) is 0 Å². The SMILES string of the molecule is CCC(CC)NS(=O)(=O)c1ccc(NCc2ccc(C(=O)NC)cc2)nc1. The monoisotopic (exact) mass is 390 g/mol. The van der Waals surface area contributed by atoms with E-state index >= 15 is 0 Å². The topological polar surface area (TPSA) is 100 Å². The van der Waals surface area contributed by atoms with Crippen molar-refractivity contribution in [2.24, 2.45) is 0 Å². The number of nitrogens with zero attached hydrogens (tertiary/aromatic N) is 1. The number of carbonyl (C=O) groups is 1. The van der Waals surface area contributed by atoms with Gasteiger partial charge in [-0.05, 0) is 42.7 Å². The minimum Gasteiger partial charge on any atom is -0.366 e. The normalized spacial score (nSPS) is 11.4. The molecule has 146 valence electrons. The van der Waals surface area contributed by atoms with Crippen LogP contribution in [0.5, 0.6) is 0 Å². The van der Waals surface area contributed by atoms with Crippen LogP contribution in [0.1, 0.15) is 42.6 Å². The smallest absolute Gasteiger partial charge is 0.251 e. The Bertz CT molecular complexity index is 846. The lowest BCUT2D eigenvalue weighted by molar-refractivity contribution is 0.0963. The van der Waals surface area contributed by atoms with Crippen LogP contribution >= 0.6 is 0 Å². The molecule has 0 aliphatic heterocycles. The number of nitrogens with one attached hydrogen (secondary N) is 3. The van der Waals surface area contributed by atoms with Crippen molar-refractivity contribution in [1.29, 1.82) is 0 Å². The van der Waals surface area contributed by atoms with Gasteiger partial charge in [0.1, 0.15) is 10.7 Å². The van der Waals surface area contributed by atoms with Crippen molar-refractivity contribution in [3.05, 3.63) is 53.7 Å². The van der Waals surface area contributed by atoms with Gasteiger partial charge in [-0.25, -0.2) is 18.1 Å². The summed E-state index contributed by atoms with van der Waals surface area (Å²) in [5, 5.41) is 5.71. The highest BCUT2D eigenvalue weighted by molar-refractivity contribution is 7.89. The number of hydrogen-bond donors (Lipinski definition) is 3. The fourth-order valence-electron chi connectivity index (χ4n) is 2.50. The second kappa shape index (κ2) is 9.48. The first-order valence-electron chi connectivity index (χ1n) is 8.92. The molecular formula is C19H26N4O3S.